The van der Waals surface area contributed by atoms with Crippen molar-refractivity contribution < 1.29 is 13.3 Å². The van der Waals surface area contributed by atoms with Crippen LogP contribution < -0.4 is 0 Å². The zero-order chi connectivity index (χ0) is 16.2. The lowest BCUT2D eigenvalue weighted by Gasteiger charge is -2.33. The van der Waals surface area contributed by atoms with Crippen molar-refractivity contribution in [2.45, 2.75) is 33.0 Å². The number of halogens is 2. The SMILES string of the molecule is CCc1noc(CN2CCN(Cc3nccn3C(F)F)CC2)n1. The third-order valence-corrected chi connectivity index (χ3v) is 3.97. The average molecular weight is 326 g/mol. The van der Waals surface area contributed by atoms with Gasteiger partial charge < -0.3 is 4.52 Å². The van der Waals surface area contributed by atoms with Crippen LogP contribution in [0.25, 0.3) is 0 Å². The Morgan fingerprint density at radius 2 is 1.87 bits per heavy atom. The van der Waals surface area contributed by atoms with E-state index in [1.54, 1.807) is 0 Å². The summed E-state index contributed by atoms with van der Waals surface area (Å²) in [5, 5.41) is 3.89. The maximum absolute atomic E-state index is 12.8. The second-order valence-corrected chi connectivity index (χ2v) is 5.54. The van der Waals surface area contributed by atoms with E-state index >= 15 is 0 Å². The van der Waals surface area contributed by atoms with Crippen molar-refractivity contribution in [3.05, 3.63) is 29.9 Å². The second-order valence-electron chi connectivity index (χ2n) is 5.54. The Balaban J connectivity index is 1.49. The van der Waals surface area contributed by atoms with Crippen molar-refractivity contribution in [2.75, 3.05) is 26.2 Å². The quantitative estimate of drug-likeness (QED) is 0.802. The summed E-state index contributed by atoms with van der Waals surface area (Å²) >= 11 is 0. The fourth-order valence-electron chi connectivity index (χ4n) is 2.64. The van der Waals surface area contributed by atoms with Crippen LogP contribution in [0.15, 0.2) is 16.9 Å². The topological polar surface area (TPSA) is 63.2 Å². The minimum atomic E-state index is -2.54. The maximum Gasteiger partial charge on any atom is 0.319 e. The van der Waals surface area contributed by atoms with Gasteiger partial charge in [-0.2, -0.15) is 13.8 Å². The largest absolute Gasteiger partial charge is 0.338 e. The highest BCUT2D eigenvalue weighted by molar-refractivity contribution is 4.94. The highest BCUT2D eigenvalue weighted by atomic mass is 19.3. The van der Waals surface area contributed by atoms with Gasteiger partial charge in [0.1, 0.15) is 5.82 Å². The van der Waals surface area contributed by atoms with Crippen molar-refractivity contribution >= 4 is 0 Å². The second kappa shape index (κ2) is 7.14. The minimum absolute atomic E-state index is 0.401. The van der Waals surface area contributed by atoms with Crippen molar-refractivity contribution in [1.82, 2.24) is 29.5 Å². The van der Waals surface area contributed by atoms with Crippen LogP contribution in [0.1, 0.15) is 31.0 Å². The standard InChI is InChI=1S/C14H20F2N6O/c1-2-11-18-13(23-19-11)10-21-7-5-20(6-8-21)9-12-17-3-4-22(12)14(15)16/h3-4,14H,2,5-10H2,1H3. The van der Waals surface area contributed by atoms with E-state index in [1.807, 2.05) is 6.92 Å². The van der Waals surface area contributed by atoms with Gasteiger partial charge in [-0.1, -0.05) is 12.1 Å². The summed E-state index contributed by atoms with van der Waals surface area (Å²) in [5.41, 5.74) is 0. The highest BCUT2D eigenvalue weighted by Gasteiger charge is 2.21. The molecule has 9 heteroatoms. The molecule has 0 N–H and O–H groups in total. The Morgan fingerprint density at radius 1 is 1.17 bits per heavy atom. The fraction of sp³-hybridized carbons (Fsp3) is 0.643. The predicted octanol–water partition coefficient (Wildman–Crippen LogP) is 1.54. The van der Waals surface area contributed by atoms with Gasteiger partial charge in [0.25, 0.3) is 0 Å². The van der Waals surface area contributed by atoms with Crippen molar-refractivity contribution in [2.24, 2.45) is 0 Å². The summed E-state index contributed by atoms with van der Waals surface area (Å²) in [6.07, 6.45) is 3.49. The Hall–Kier alpha value is -1.87. The van der Waals surface area contributed by atoms with Gasteiger partial charge in [-0.05, 0) is 0 Å². The molecule has 0 spiro atoms. The molecule has 23 heavy (non-hydrogen) atoms. The van der Waals surface area contributed by atoms with Crippen LogP contribution in [-0.2, 0) is 19.5 Å². The minimum Gasteiger partial charge on any atom is -0.338 e. The first-order chi connectivity index (χ1) is 11.2. The van der Waals surface area contributed by atoms with E-state index < -0.39 is 6.55 Å². The number of rotatable bonds is 6. The van der Waals surface area contributed by atoms with Gasteiger partial charge in [0.05, 0.1) is 13.1 Å². The lowest BCUT2D eigenvalue weighted by Crippen LogP contribution is -2.45. The molecule has 0 aromatic carbocycles. The molecule has 0 radical (unpaired) electrons. The summed E-state index contributed by atoms with van der Waals surface area (Å²) in [4.78, 5) is 12.7. The zero-order valence-electron chi connectivity index (χ0n) is 13.0. The van der Waals surface area contributed by atoms with E-state index in [0.29, 0.717) is 24.8 Å². The van der Waals surface area contributed by atoms with E-state index in [-0.39, 0.29) is 0 Å². The molecule has 7 nitrogen and oxygen atoms in total. The molecule has 0 unspecified atom stereocenters. The number of alkyl halides is 2. The van der Waals surface area contributed by atoms with Gasteiger partial charge in [0.15, 0.2) is 5.82 Å². The van der Waals surface area contributed by atoms with E-state index in [1.165, 1.54) is 12.4 Å². The van der Waals surface area contributed by atoms with Crippen LogP contribution in [-0.4, -0.2) is 55.7 Å². The third kappa shape index (κ3) is 3.91. The monoisotopic (exact) mass is 326 g/mol. The molecule has 1 fully saturated rings. The molecule has 2 aromatic heterocycles. The molecule has 0 amide bonds. The Bertz CT molecular complexity index is 620. The van der Waals surface area contributed by atoms with E-state index in [0.717, 1.165) is 43.0 Å². The molecule has 0 aliphatic carbocycles. The van der Waals surface area contributed by atoms with Crippen molar-refractivity contribution in [3.63, 3.8) is 0 Å². The molecule has 1 saturated heterocycles. The highest BCUT2D eigenvalue weighted by Crippen LogP contribution is 2.15. The van der Waals surface area contributed by atoms with E-state index in [2.05, 4.69) is 24.9 Å². The van der Waals surface area contributed by atoms with Gasteiger partial charge in [-0.15, -0.1) is 0 Å². The molecule has 1 aliphatic heterocycles. The van der Waals surface area contributed by atoms with Crippen LogP contribution in [0.2, 0.25) is 0 Å². The molecule has 3 rings (SSSR count). The zero-order valence-corrected chi connectivity index (χ0v) is 13.0. The van der Waals surface area contributed by atoms with Gasteiger partial charge in [-0.3, -0.25) is 14.4 Å². The van der Waals surface area contributed by atoms with Crippen molar-refractivity contribution in [3.8, 4) is 0 Å². The van der Waals surface area contributed by atoms with Crippen LogP contribution in [0.4, 0.5) is 8.78 Å². The molecule has 0 atom stereocenters. The number of piperazine rings is 1. The number of aryl methyl sites for hydroxylation is 1. The summed E-state index contributed by atoms with van der Waals surface area (Å²) in [6.45, 7) is 3.77. The van der Waals surface area contributed by atoms with E-state index in [9.17, 15) is 8.78 Å². The van der Waals surface area contributed by atoms with Crippen LogP contribution >= 0.6 is 0 Å². The Morgan fingerprint density at radius 3 is 2.48 bits per heavy atom. The fourth-order valence-corrected chi connectivity index (χ4v) is 2.64. The predicted molar refractivity (Wildman–Crippen MR) is 77.7 cm³/mol. The summed E-state index contributed by atoms with van der Waals surface area (Å²) in [5.74, 6) is 1.75. The summed E-state index contributed by atoms with van der Waals surface area (Å²) in [6, 6.07) is 0. The van der Waals surface area contributed by atoms with E-state index in [4.69, 9.17) is 4.52 Å². The first-order valence-corrected chi connectivity index (χ1v) is 7.71. The normalized spacial score (nSPS) is 17.2. The smallest absolute Gasteiger partial charge is 0.319 e. The number of nitrogens with zero attached hydrogens (tertiary/aromatic N) is 6. The molecular formula is C14H20F2N6O. The first kappa shape index (κ1) is 16.0. The number of hydrogen-bond acceptors (Lipinski definition) is 6. The third-order valence-electron chi connectivity index (χ3n) is 3.97. The molecule has 126 valence electrons. The van der Waals surface area contributed by atoms with Gasteiger partial charge in [0.2, 0.25) is 5.89 Å². The van der Waals surface area contributed by atoms with Gasteiger partial charge in [-0.25, -0.2) is 4.98 Å². The van der Waals surface area contributed by atoms with Crippen molar-refractivity contribution in [1.29, 1.82) is 0 Å². The van der Waals surface area contributed by atoms with Gasteiger partial charge >= 0.3 is 6.55 Å². The lowest BCUT2D eigenvalue weighted by atomic mass is 10.3. The van der Waals surface area contributed by atoms with Crippen LogP contribution in [0.5, 0.6) is 0 Å². The average Bonchev–Trinajstić information content (AvgIpc) is 3.18. The maximum atomic E-state index is 12.8. The molecule has 2 aromatic rings. The first-order valence-electron chi connectivity index (χ1n) is 7.71. The summed E-state index contributed by atoms with van der Waals surface area (Å²) < 4.78 is 31.8. The number of hydrogen-bond donors (Lipinski definition) is 0. The molecule has 0 bridgehead atoms. The van der Waals surface area contributed by atoms with Gasteiger partial charge in [0, 0.05) is 45.0 Å². The molecule has 3 heterocycles. The Labute approximate surface area is 132 Å². The van der Waals surface area contributed by atoms with Crippen LogP contribution in [0, 0.1) is 0 Å². The molecular weight excluding hydrogens is 306 g/mol. The molecule has 1 aliphatic rings. The number of imidazole rings is 1. The number of aromatic nitrogens is 4. The Kier molecular flexibility index (Phi) is 4.97. The van der Waals surface area contributed by atoms with Crippen LogP contribution in [0.3, 0.4) is 0 Å². The summed E-state index contributed by atoms with van der Waals surface area (Å²) in [7, 11) is 0. The lowest BCUT2D eigenvalue weighted by molar-refractivity contribution is 0.0597. The molecule has 0 saturated carbocycles.